The van der Waals surface area contributed by atoms with Crippen LogP contribution < -0.4 is 5.32 Å². The molecule has 19 heavy (non-hydrogen) atoms. The minimum absolute atomic E-state index is 0.0566. The lowest BCUT2D eigenvalue weighted by Crippen LogP contribution is -2.00. The van der Waals surface area contributed by atoms with Crippen LogP contribution in [0, 0.1) is 15.9 Å². The van der Waals surface area contributed by atoms with Crippen LogP contribution in [-0.2, 0) is 6.54 Å². The van der Waals surface area contributed by atoms with Crippen LogP contribution >= 0.6 is 11.6 Å². The Balaban J connectivity index is 2.01. The molecule has 0 saturated heterocycles. The first kappa shape index (κ1) is 13.2. The van der Waals surface area contributed by atoms with Crippen molar-refractivity contribution >= 4 is 23.1 Å². The number of aromatic nitrogens is 1. The largest absolute Gasteiger partial charge is 0.378 e. The highest BCUT2D eigenvalue weighted by Gasteiger charge is 2.06. The van der Waals surface area contributed by atoms with E-state index in [1.54, 1.807) is 12.1 Å². The fraction of sp³-hybridized carbons (Fsp3) is 0.0833. The van der Waals surface area contributed by atoms with Crippen LogP contribution in [0.4, 0.5) is 15.9 Å². The van der Waals surface area contributed by atoms with Crippen LogP contribution in [-0.4, -0.2) is 9.91 Å². The highest BCUT2D eigenvalue weighted by molar-refractivity contribution is 6.30. The van der Waals surface area contributed by atoms with Gasteiger partial charge < -0.3 is 15.4 Å². The van der Waals surface area contributed by atoms with Crippen LogP contribution in [0.3, 0.4) is 0 Å². The zero-order chi connectivity index (χ0) is 13.8. The van der Waals surface area contributed by atoms with Gasteiger partial charge in [-0.15, -0.1) is 0 Å². The first-order valence-corrected chi connectivity index (χ1v) is 5.72. The maximum absolute atomic E-state index is 13.0. The van der Waals surface area contributed by atoms with E-state index >= 15 is 0 Å². The zero-order valence-electron chi connectivity index (χ0n) is 9.64. The smallest absolute Gasteiger partial charge is 0.363 e. The number of nitro groups is 1. The Morgan fingerprint density at radius 1 is 1.37 bits per heavy atom. The summed E-state index contributed by atoms with van der Waals surface area (Å²) in [6, 6.07) is 7.26. The molecule has 0 unspecified atom stereocenters. The van der Waals surface area contributed by atoms with Gasteiger partial charge in [0.1, 0.15) is 5.82 Å². The van der Waals surface area contributed by atoms with Gasteiger partial charge in [-0.25, -0.2) is 4.39 Å². The number of nitrogens with zero attached hydrogens (tertiary/aromatic N) is 2. The van der Waals surface area contributed by atoms with Crippen LogP contribution in [0.15, 0.2) is 36.5 Å². The van der Waals surface area contributed by atoms with Gasteiger partial charge in [-0.1, -0.05) is 17.7 Å². The van der Waals surface area contributed by atoms with Gasteiger partial charge in [0.2, 0.25) is 0 Å². The van der Waals surface area contributed by atoms with Crippen molar-refractivity contribution in [3.63, 3.8) is 0 Å². The SMILES string of the molecule is O=[N+]([O-])c1ccc(NCc2ccc(F)c(Cl)c2)cn1. The molecule has 0 bridgehead atoms. The number of halogens is 2. The first-order valence-electron chi connectivity index (χ1n) is 5.34. The van der Waals surface area contributed by atoms with Crippen molar-refractivity contribution in [1.29, 1.82) is 0 Å². The number of rotatable bonds is 4. The molecule has 0 radical (unpaired) electrons. The molecule has 1 N–H and O–H groups in total. The molecule has 0 amide bonds. The van der Waals surface area contributed by atoms with Crippen molar-refractivity contribution < 1.29 is 9.31 Å². The Morgan fingerprint density at radius 2 is 2.16 bits per heavy atom. The molecule has 5 nitrogen and oxygen atoms in total. The number of hydrogen-bond donors (Lipinski definition) is 1. The minimum Gasteiger partial charge on any atom is -0.378 e. The number of pyridine rings is 1. The van der Waals surface area contributed by atoms with E-state index in [1.807, 2.05) is 0 Å². The van der Waals surface area contributed by atoms with Gasteiger partial charge in [0.05, 0.1) is 10.7 Å². The van der Waals surface area contributed by atoms with Crippen LogP contribution in [0.5, 0.6) is 0 Å². The van der Waals surface area contributed by atoms with E-state index in [2.05, 4.69) is 10.3 Å². The van der Waals surface area contributed by atoms with Gasteiger partial charge >= 0.3 is 5.82 Å². The van der Waals surface area contributed by atoms with Crippen molar-refractivity contribution in [1.82, 2.24) is 4.98 Å². The molecule has 2 aromatic rings. The fourth-order valence-corrected chi connectivity index (χ4v) is 1.66. The lowest BCUT2D eigenvalue weighted by molar-refractivity contribution is -0.389. The Labute approximate surface area is 113 Å². The summed E-state index contributed by atoms with van der Waals surface area (Å²) in [6.45, 7) is 0.416. The topological polar surface area (TPSA) is 68.1 Å². The summed E-state index contributed by atoms with van der Waals surface area (Å²) < 4.78 is 13.0. The lowest BCUT2D eigenvalue weighted by Gasteiger charge is -2.05. The summed E-state index contributed by atoms with van der Waals surface area (Å²) in [7, 11) is 0. The zero-order valence-corrected chi connectivity index (χ0v) is 10.4. The average molecular weight is 282 g/mol. The lowest BCUT2D eigenvalue weighted by atomic mass is 10.2. The van der Waals surface area contributed by atoms with E-state index in [0.717, 1.165) is 5.56 Å². The van der Waals surface area contributed by atoms with E-state index in [4.69, 9.17) is 11.6 Å². The van der Waals surface area contributed by atoms with Crippen LogP contribution in [0.1, 0.15) is 5.56 Å². The third-order valence-corrected chi connectivity index (χ3v) is 2.71. The van der Waals surface area contributed by atoms with Gasteiger partial charge in [-0.3, -0.25) is 0 Å². The quantitative estimate of drug-likeness (QED) is 0.689. The summed E-state index contributed by atoms with van der Waals surface area (Å²) in [5.41, 5.74) is 1.43. The van der Waals surface area contributed by atoms with Crippen LogP contribution in [0.25, 0.3) is 0 Å². The molecule has 0 aliphatic rings. The summed E-state index contributed by atoms with van der Waals surface area (Å²) in [5.74, 6) is -0.683. The first-order chi connectivity index (χ1) is 9.06. The van der Waals surface area contributed by atoms with Crippen molar-refractivity contribution in [2.45, 2.75) is 6.54 Å². The van der Waals surface area contributed by atoms with Gasteiger partial charge in [0.15, 0.2) is 6.20 Å². The van der Waals surface area contributed by atoms with Crippen molar-refractivity contribution in [3.05, 3.63) is 63.0 Å². The predicted molar refractivity (Wildman–Crippen MR) is 69.6 cm³/mol. The second-order valence-corrected chi connectivity index (χ2v) is 4.17. The standard InChI is InChI=1S/C12H9ClFN3O2/c13-10-5-8(1-3-11(10)14)6-15-9-2-4-12(16-7-9)17(18)19/h1-5,7,15H,6H2. The molecule has 0 atom stereocenters. The Kier molecular flexibility index (Phi) is 3.91. The maximum Gasteiger partial charge on any atom is 0.363 e. The predicted octanol–water partition coefficient (Wildman–Crippen LogP) is 3.39. The molecule has 1 heterocycles. The third kappa shape index (κ3) is 3.38. The molecular weight excluding hydrogens is 273 g/mol. The van der Waals surface area contributed by atoms with Gasteiger partial charge in [-0.2, -0.15) is 0 Å². The van der Waals surface area contributed by atoms with E-state index in [-0.39, 0.29) is 10.8 Å². The molecule has 0 fully saturated rings. The second kappa shape index (κ2) is 5.62. The molecular formula is C12H9ClFN3O2. The Bertz CT molecular complexity index is 604. The van der Waals surface area contributed by atoms with E-state index in [1.165, 1.54) is 24.4 Å². The normalized spacial score (nSPS) is 10.2. The molecule has 7 heteroatoms. The van der Waals surface area contributed by atoms with E-state index in [0.29, 0.717) is 12.2 Å². The summed E-state index contributed by atoms with van der Waals surface area (Å²) in [5, 5.41) is 13.5. The average Bonchev–Trinajstić information content (AvgIpc) is 2.40. The molecule has 0 spiro atoms. The number of nitrogens with one attached hydrogen (secondary N) is 1. The molecule has 1 aromatic heterocycles. The molecule has 0 aliphatic carbocycles. The summed E-state index contributed by atoms with van der Waals surface area (Å²) in [4.78, 5) is 13.5. The number of benzene rings is 1. The van der Waals surface area contributed by atoms with Gasteiger partial charge in [-0.05, 0) is 33.7 Å². The van der Waals surface area contributed by atoms with E-state index in [9.17, 15) is 14.5 Å². The minimum atomic E-state index is -0.566. The fourth-order valence-electron chi connectivity index (χ4n) is 1.45. The molecule has 1 aromatic carbocycles. The Hall–Kier alpha value is -2.21. The van der Waals surface area contributed by atoms with Gasteiger partial charge in [0, 0.05) is 12.6 Å². The monoisotopic (exact) mass is 281 g/mol. The van der Waals surface area contributed by atoms with E-state index < -0.39 is 10.7 Å². The molecule has 0 aliphatic heterocycles. The Morgan fingerprint density at radius 3 is 2.74 bits per heavy atom. The second-order valence-electron chi connectivity index (χ2n) is 3.76. The highest BCUT2D eigenvalue weighted by Crippen LogP contribution is 2.17. The summed E-state index contributed by atoms with van der Waals surface area (Å²) >= 11 is 5.66. The molecule has 2 rings (SSSR count). The number of hydrogen-bond acceptors (Lipinski definition) is 4. The third-order valence-electron chi connectivity index (χ3n) is 2.42. The van der Waals surface area contributed by atoms with Gasteiger partial charge in [0.25, 0.3) is 0 Å². The van der Waals surface area contributed by atoms with Crippen molar-refractivity contribution in [3.8, 4) is 0 Å². The molecule has 98 valence electrons. The van der Waals surface area contributed by atoms with Crippen molar-refractivity contribution in [2.75, 3.05) is 5.32 Å². The summed E-state index contributed by atoms with van der Waals surface area (Å²) in [6.07, 6.45) is 1.36. The molecule has 0 saturated carbocycles. The van der Waals surface area contributed by atoms with Crippen LogP contribution in [0.2, 0.25) is 5.02 Å². The number of anilines is 1. The van der Waals surface area contributed by atoms with Crippen molar-refractivity contribution in [2.24, 2.45) is 0 Å². The maximum atomic E-state index is 13.0. The highest BCUT2D eigenvalue weighted by atomic mass is 35.5.